The van der Waals surface area contributed by atoms with Crippen LogP contribution in [-0.4, -0.2) is 14.3 Å². The summed E-state index contributed by atoms with van der Waals surface area (Å²) in [5, 5.41) is 14.5. The first-order valence-corrected chi connectivity index (χ1v) is 6.76. The van der Waals surface area contributed by atoms with Crippen LogP contribution in [0, 0.1) is 10.1 Å². The van der Waals surface area contributed by atoms with Gasteiger partial charge in [0.2, 0.25) is 5.13 Å². The minimum absolute atomic E-state index is 0.100. The first kappa shape index (κ1) is 13.4. The lowest BCUT2D eigenvalue weighted by molar-refractivity contribution is -0.384. The molecule has 0 fully saturated rings. The van der Waals surface area contributed by atoms with E-state index in [1.165, 1.54) is 17.6 Å². The van der Waals surface area contributed by atoms with Crippen molar-refractivity contribution in [2.75, 3.05) is 5.32 Å². The Labute approximate surface area is 114 Å². The predicted octanol–water partition coefficient (Wildman–Crippen LogP) is 3.01. The van der Waals surface area contributed by atoms with Gasteiger partial charge in [0.15, 0.2) is 0 Å². The van der Waals surface area contributed by atoms with Crippen LogP contribution in [0.25, 0.3) is 0 Å². The molecule has 100 valence electrons. The van der Waals surface area contributed by atoms with Crippen molar-refractivity contribution >= 4 is 22.4 Å². The maximum Gasteiger partial charge on any atom is 0.269 e. The van der Waals surface area contributed by atoms with E-state index in [-0.39, 0.29) is 5.69 Å². The van der Waals surface area contributed by atoms with Gasteiger partial charge in [-0.3, -0.25) is 10.1 Å². The Kier molecular flexibility index (Phi) is 4.40. The van der Waals surface area contributed by atoms with Gasteiger partial charge in [-0.2, -0.15) is 4.37 Å². The summed E-state index contributed by atoms with van der Waals surface area (Å²) in [5.74, 6) is 0.842. The molecule has 0 spiro atoms. The Bertz CT molecular complexity index is 570. The molecule has 0 aliphatic rings. The second-order valence-corrected chi connectivity index (χ2v) is 4.80. The summed E-state index contributed by atoms with van der Waals surface area (Å²) in [6.45, 7) is 2.58. The molecular formula is C12H14N4O2S. The van der Waals surface area contributed by atoms with Crippen molar-refractivity contribution in [2.45, 2.75) is 26.3 Å². The molecule has 1 aromatic heterocycles. The van der Waals surface area contributed by atoms with Crippen LogP contribution < -0.4 is 5.32 Å². The number of hydrogen-bond donors (Lipinski definition) is 1. The monoisotopic (exact) mass is 278 g/mol. The minimum Gasteiger partial charge on any atom is -0.356 e. The number of rotatable bonds is 6. The molecule has 7 heteroatoms. The summed E-state index contributed by atoms with van der Waals surface area (Å²) in [4.78, 5) is 14.6. The first-order chi connectivity index (χ1) is 9.19. The van der Waals surface area contributed by atoms with Crippen LogP contribution in [0.1, 0.15) is 24.7 Å². The number of nitrogens with one attached hydrogen (secondary N) is 1. The summed E-state index contributed by atoms with van der Waals surface area (Å²) in [6, 6.07) is 6.56. The van der Waals surface area contributed by atoms with Gasteiger partial charge in [-0.25, -0.2) is 4.98 Å². The molecule has 0 radical (unpaired) electrons. The number of aromatic nitrogens is 2. The molecule has 0 aliphatic heterocycles. The van der Waals surface area contributed by atoms with E-state index in [1.807, 2.05) is 6.07 Å². The van der Waals surface area contributed by atoms with Gasteiger partial charge in [-0.05, 0) is 12.0 Å². The van der Waals surface area contributed by atoms with Gasteiger partial charge in [-0.1, -0.05) is 19.1 Å². The molecule has 0 atom stereocenters. The molecule has 0 unspecified atom stereocenters. The van der Waals surface area contributed by atoms with Gasteiger partial charge in [0, 0.05) is 36.6 Å². The summed E-state index contributed by atoms with van der Waals surface area (Å²) < 4.78 is 4.22. The molecule has 0 saturated carbocycles. The number of benzene rings is 1. The quantitative estimate of drug-likeness (QED) is 0.649. The predicted molar refractivity (Wildman–Crippen MR) is 74.3 cm³/mol. The second kappa shape index (κ2) is 6.24. The third kappa shape index (κ3) is 3.72. The number of aryl methyl sites for hydroxylation is 1. The van der Waals surface area contributed by atoms with Crippen LogP contribution in [0.2, 0.25) is 0 Å². The third-order valence-corrected chi connectivity index (χ3v) is 3.22. The molecule has 19 heavy (non-hydrogen) atoms. The molecule has 0 bridgehead atoms. The standard InChI is InChI=1S/C12H14N4O2S/c1-2-4-11-14-12(19-15-11)13-8-9-5-3-6-10(7-9)16(17)18/h3,5-7H,2,4,8H2,1H3,(H,13,14,15). The Morgan fingerprint density at radius 3 is 3.05 bits per heavy atom. The van der Waals surface area contributed by atoms with Crippen LogP contribution in [0.5, 0.6) is 0 Å². The van der Waals surface area contributed by atoms with Crippen LogP contribution >= 0.6 is 11.5 Å². The summed E-state index contributed by atoms with van der Waals surface area (Å²) in [7, 11) is 0. The zero-order valence-corrected chi connectivity index (χ0v) is 11.3. The lowest BCUT2D eigenvalue weighted by Crippen LogP contribution is -2.00. The number of nitro groups is 1. The van der Waals surface area contributed by atoms with Crippen LogP contribution in [-0.2, 0) is 13.0 Å². The molecule has 1 heterocycles. The molecule has 0 amide bonds. The molecule has 0 aliphatic carbocycles. The van der Waals surface area contributed by atoms with Crippen molar-refractivity contribution < 1.29 is 4.92 Å². The Morgan fingerprint density at radius 1 is 1.47 bits per heavy atom. The second-order valence-electron chi connectivity index (χ2n) is 4.05. The third-order valence-electron chi connectivity index (χ3n) is 2.51. The number of nitro benzene ring substituents is 1. The number of anilines is 1. The van der Waals surface area contributed by atoms with E-state index in [2.05, 4.69) is 21.6 Å². The van der Waals surface area contributed by atoms with Crippen molar-refractivity contribution in [3.05, 3.63) is 45.8 Å². The van der Waals surface area contributed by atoms with Crippen LogP contribution in [0.4, 0.5) is 10.8 Å². The van der Waals surface area contributed by atoms with E-state index in [9.17, 15) is 10.1 Å². The molecular weight excluding hydrogens is 264 g/mol. The normalized spacial score (nSPS) is 10.4. The van der Waals surface area contributed by atoms with Crippen molar-refractivity contribution in [1.29, 1.82) is 0 Å². The highest BCUT2D eigenvalue weighted by Crippen LogP contribution is 2.16. The summed E-state index contributed by atoms with van der Waals surface area (Å²) >= 11 is 1.31. The summed E-state index contributed by atoms with van der Waals surface area (Å²) in [5.41, 5.74) is 0.949. The zero-order chi connectivity index (χ0) is 13.7. The van der Waals surface area contributed by atoms with Gasteiger partial charge in [0.1, 0.15) is 5.82 Å². The highest BCUT2D eigenvalue weighted by atomic mass is 32.1. The Hall–Kier alpha value is -2.02. The minimum atomic E-state index is -0.395. The highest BCUT2D eigenvalue weighted by molar-refractivity contribution is 7.09. The first-order valence-electron chi connectivity index (χ1n) is 5.99. The highest BCUT2D eigenvalue weighted by Gasteiger charge is 2.06. The largest absolute Gasteiger partial charge is 0.356 e. The van der Waals surface area contributed by atoms with Gasteiger partial charge < -0.3 is 5.32 Å². The molecule has 6 nitrogen and oxygen atoms in total. The molecule has 1 N–H and O–H groups in total. The summed E-state index contributed by atoms with van der Waals surface area (Å²) in [6.07, 6.45) is 1.88. The van der Waals surface area contributed by atoms with Gasteiger partial charge in [0.25, 0.3) is 5.69 Å². The van der Waals surface area contributed by atoms with Crippen molar-refractivity contribution in [1.82, 2.24) is 9.36 Å². The number of nitrogens with zero attached hydrogens (tertiary/aromatic N) is 3. The Morgan fingerprint density at radius 2 is 2.32 bits per heavy atom. The van der Waals surface area contributed by atoms with E-state index < -0.39 is 4.92 Å². The molecule has 0 saturated heterocycles. The lowest BCUT2D eigenvalue weighted by atomic mass is 10.2. The SMILES string of the molecule is CCCc1nsc(NCc2cccc([N+](=O)[O-])c2)n1. The number of hydrogen-bond acceptors (Lipinski definition) is 6. The Balaban J connectivity index is 1.97. The van der Waals surface area contributed by atoms with Crippen molar-refractivity contribution in [2.24, 2.45) is 0 Å². The van der Waals surface area contributed by atoms with E-state index in [0.29, 0.717) is 6.54 Å². The lowest BCUT2D eigenvalue weighted by Gasteiger charge is -2.02. The average Bonchev–Trinajstić information content (AvgIpc) is 2.85. The van der Waals surface area contributed by atoms with E-state index in [1.54, 1.807) is 12.1 Å². The smallest absolute Gasteiger partial charge is 0.269 e. The average molecular weight is 278 g/mol. The van der Waals surface area contributed by atoms with Crippen molar-refractivity contribution in [3.63, 3.8) is 0 Å². The van der Waals surface area contributed by atoms with Gasteiger partial charge in [-0.15, -0.1) is 0 Å². The zero-order valence-electron chi connectivity index (χ0n) is 10.5. The molecule has 2 aromatic rings. The van der Waals surface area contributed by atoms with E-state index >= 15 is 0 Å². The van der Waals surface area contributed by atoms with Crippen LogP contribution in [0.3, 0.4) is 0 Å². The van der Waals surface area contributed by atoms with Gasteiger partial charge >= 0.3 is 0 Å². The maximum absolute atomic E-state index is 10.7. The number of non-ortho nitro benzene ring substituents is 1. The van der Waals surface area contributed by atoms with Crippen LogP contribution in [0.15, 0.2) is 24.3 Å². The van der Waals surface area contributed by atoms with E-state index in [0.717, 1.165) is 29.4 Å². The van der Waals surface area contributed by atoms with Gasteiger partial charge in [0.05, 0.1) is 4.92 Å². The molecule has 2 rings (SSSR count). The van der Waals surface area contributed by atoms with E-state index in [4.69, 9.17) is 0 Å². The maximum atomic E-state index is 10.7. The fourth-order valence-electron chi connectivity index (χ4n) is 1.61. The van der Waals surface area contributed by atoms with Crippen molar-refractivity contribution in [3.8, 4) is 0 Å². The fraction of sp³-hybridized carbons (Fsp3) is 0.333. The fourth-order valence-corrected chi connectivity index (χ4v) is 2.22. The molecule has 1 aromatic carbocycles. The topological polar surface area (TPSA) is 81.0 Å².